The Bertz CT molecular complexity index is 536. The molecule has 0 saturated carbocycles. The molecular formula is C22H34O4. The highest BCUT2D eigenvalue weighted by molar-refractivity contribution is 5.75. The standard InChI is InChI=1S/C22H34O4/c1-6-19(22(24)25-13-12-16(2)3)20(26-21(23)14-17(4)5)15-18-10-8-7-9-11-18/h7-11,16-17,19-20H,6,12-15H2,1-5H3. The third-order valence-corrected chi connectivity index (χ3v) is 4.27. The Morgan fingerprint density at radius 2 is 1.65 bits per heavy atom. The van der Waals surface area contributed by atoms with Crippen LogP contribution >= 0.6 is 0 Å². The van der Waals surface area contributed by atoms with Crippen molar-refractivity contribution in [3.05, 3.63) is 35.9 Å². The lowest BCUT2D eigenvalue weighted by atomic mass is 9.93. The van der Waals surface area contributed by atoms with Gasteiger partial charge in [0.2, 0.25) is 0 Å². The number of benzene rings is 1. The van der Waals surface area contributed by atoms with Crippen molar-refractivity contribution in [3.8, 4) is 0 Å². The fraction of sp³-hybridized carbons (Fsp3) is 0.636. The molecular weight excluding hydrogens is 328 g/mol. The number of ether oxygens (including phenoxy) is 2. The Balaban J connectivity index is 2.84. The van der Waals surface area contributed by atoms with Crippen molar-refractivity contribution in [2.24, 2.45) is 17.8 Å². The lowest BCUT2D eigenvalue weighted by Gasteiger charge is -2.25. The van der Waals surface area contributed by atoms with Crippen LogP contribution in [-0.2, 0) is 25.5 Å². The van der Waals surface area contributed by atoms with Crippen LogP contribution in [0.1, 0.15) is 59.4 Å². The normalized spacial score (nSPS) is 13.5. The Hall–Kier alpha value is -1.84. The maximum atomic E-state index is 12.6. The summed E-state index contributed by atoms with van der Waals surface area (Å²) in [5.74, 6) is -0.274. The van der Waals surface area contributed by atoms with Crippen LogP contribution in [0.15, 0.2) is 30.3 Å². The fourth-order valence-electron chi connectivity index (χ4n) is 2.75. The van der Waals surface area contributed by atoms with E-state index in [4.69, 9.17) is 9.47 Å². The van der Waals surface area contributed by atoms with E-state index in [1.807, 2.05) is 51.1 Å². The average Bonchev–Trinajstić information content (AvgIpc) is 2.55. The number of carbonyl (C=O) groups excluding carboxylic acids is 2. The molecule has 0 radical (unpaired) electrons. The minimum absolute atomic E-state index is 0.220. The third kappa shape index (κ3) is 8.50. The van der Waals surface area contributed by atoms with Crippen LogP contribution in [0.4, 0.5) is 0 Å². The fourth-order valence-corrected chi connectivity index (χ4v) is 2.75. The van der Waals surface area contributed by atoms with E-state index in [9.17, 15) is 9.59 Å². The third-order valence-electron chi connectivity index (χ3n) is 4.27. The monoisotopic (exact) mass is 362 g/mol. The molecule has 0 aliphatic carbocycles. The Morgan fingerprint density at radius 1 is 1.00 bits per heavy atom. The number of rotatable bonds is 11. The summed E-state index contributed by atoms with van der Waals surface area (Å²) in [6.45, 7) is 10.5. The van der Waals surface area contributed by atoms with Crippen molar-refractivity contribution in [2.75, 3.05) is 6.61 Å². The van der Waals surface area contributed by atoms with Crippen LogP contribution in [0.2, 0.25) is 0 Å². The van der Waals surface area contributed by atoms with E-state index in [1.54, 1.807) is 0 Å². The van der Waals surface area contributed by atoms with Crippen molar-refractivity contribution < 1.29 is 19.1 Å². The summed E-state index contributed by atoms with van der Waals surface area (Å²) in [5, 5.41) is 0. The molecule has 0 aliphatic heterocycles. The molecule has 0 fully saturated rings. The van der Waals surface area contributed by atoms with Crippen molar-refractivity contribution in [2.45, 2.75) is 66.4 Å². The molecule has 26 heavy (non-hydrogen) atoms. The highest BCUT2D eigenvalue weighted by Crippen LogP contribution is 2.21. The second-order valence-electron chi connectivity index (χ2n) is 7.68. The molecule has 146 valence electrons. The van der Waals surface area contributed by atoms with E-state index in [1.165, 1.54) is 0 Å². The smallest absolute Gasteiger partial charge is 0.312 e. The Kier molecular flexibility index (Phi) is 10.0. The van der Waals surface area contributed by atoms with Gasteiger partial charge in [-0.25, -0.2) is 0 Å². The zero-order valence-corrected chi connectivity index (χ0v) is 16.9. The molecule has 2 unspecified atom stereocenters. The first-order valence-corrected chi connectivity index (χ1v) is 9.73. The van der Waals surface area contributed by atoms with E-state index in [0.717, 1.165) is 12.0 Å². The zero-order chi connectivity index (χ0) is 19.5. The summed E-state index contributed by atoms with van der Waals surface area (Å²) in [7, 11) is 0. The predicted octanol–water partition coefficient (Wildman–Crippen LogP) is 4.80. The second kappa shape index (κ2) is 11.7. The number of hydrogen-bond acceptors (Lipinski definition) is 4. The predicted molar refractivity (Wildman–Crippen MR) is 104 cm³/mol. The van der Waals surface area contributed by atoms with Crippen molar-refractivity contribution in [1.82, 2.24) is 0 Å². The molecule has 0 spiro atoms. The molecule has 2 atom stereocenters. The molecule has 0 saturated heterocycles. The van der Waals surface area contributed by atoms with E-state index in [-0.39, 0.29) is 17.9 Å². The largest absolute Gasteiger partial charge is 0.465 e. The summed E-state index contributed by atoms with van der Waals surface area (Å²) in [5.41, 5.74) is 1.04. The van der Waals surface area contributed by atoms with Crippen LogP contribution in [-0.4, -0.2) is 24.6 Å². The maximum Gasteiger partial charge on any atom is 0.312 e. The van der Waals surface area contributed by atoms with E-state index >= 15 is 0 Å². The summed E-state index contributed by atoms with van der Waals surface area (Å²) < 4.78 is 11.2. The summed E-state index contributed by atoms with van der Waals surface area (Å²) in [6.07, 6.45) is 1.78. The molecule has 0 aliphatic rings. The second-order valence-corrected chi connectivity index (χ2v) is 7.68. The van der Waals surface area contributed by atoms with Gasteiger partial charge in [-0.15, -0.1) is 0 Å². The molecule has 4 heteroatoms. The van der Waals surface area contributed by atoms with Gasteiger partial charge in [-0.1, -0.05) is 65.0 Å². The van der Waals surface area contributed by atoms with E-state index in [0.29, 0.717) is 31.8 Å². The number of hydrogen-bond donors (Lipinski definition) is 0. The number of carbonyl (C=O) groups is 2. The minimum Gasteiger partial charge on any atom is -0.465 e. The lowest BCUT2D eigenvalue weighted by Crippen LogP contribution is -2.35. The van der Waals surface area contributed by atoms with E-state index < -0.39 is 12.0 Å². The van der Waals surface area contributed by atoms with Gasteiger partial charge in [0.15, 0.2) is 0 Å². The molecule has 1 rings (SSSR count). The van der Waals surface area contributed by atoms with Gasteiger partial charge in [0.1, 0.15) is 6.10 Å². The topological polar surface area (TPSA) is 52.6 Å². The minimum atomic E-state index is -0.500. The summed E-state index contributed by atoms with van der Waals surface area (Å²) >= 11 is 0. The van der Waals surface area contributed by atoms with Gasteiger partial charge in [-0.05, 0) is 30.2 Å². The van der Waals surface area contributed by atoms with Gasteiger partial charge < -0.3 is 9.47 Å². The first-order chi connectivity index (χ1) is 12.3. The van der Waals surface area contributed by atoms with Crippen molar-refractivity contribution in [3.63, 3.8) is 0 Å². The molecule has 0 bridgehead atoms. The molecule has 4 nitrogen and oxygen atoms in total. The summed E-state index contributed by atoms with van der Waals surface area (Å²) in [4.78, 5) is 24.8. The Labute approximate surface area is 158 Å². The van der Waals surface area contributed by atoms with Crippen LogP contribution in [0.25, 0.3) is 0 Å². The first-order valence-electron chi connectivity index (χ1n) is 9.73. The highest BCUT2D eigenvalue weighted by atomic mass is 16.6. The van der Waals surface area contributed by atoms with Crippen LogP contribution in [0, 0.1) is 17.8 Å². The molecule has 0 amide bonds. The quantitative estimate of drug-likeness (QED) is 0.531. The van der Waals surface area contributed by atoms with Crippen molar-refractivity contribution >= 4 is 11.9 Å². The van der Waals surface area contributed by atoms with Gasteiger partial charge in [0.25, 0.3) is 0 Å². The molecule has 0 aromatic heterocycles. The van der Waals surface area contributed by atoms with Crippen LogP contribution in [0.5, 0.6) is 0 Å². The van der Waals surface area contributed by atoms with Gasteiger partial charge in [-0.3, -0.25) is 9.59 Å². The molecule has 1 aromatic rings. The average molecular weight is 363 g/mol. The SMILES string of the molecule is CCC(C(=O)OCCC(C)C)C(Cc1ccccc1)OC(=O)CC(C)C. The molecule has 0 N–H and O–H groups in total. The van der Waals surface area contributed by atoms with Gasteiger partial charge >= 0.3 is 11.9 Å². The number of esters is 2. The maximum absolute atomic E-state index is 12.6. The van der Waals surface area contributed by atoms with Crippen molar-refractivity contribution in [1.29, 1.82) is 0 Å². The first kappa shape index (κ1) is 22.2. The van der Waals surface area contributed by atoms with Crippen LogP contribution < -0.4 is 0 Å². The summed E-state index contributed by atoms with van der Waals surface area (Å²) in [6, 6.07) is 9.81. The van der Waals surface area contributed by atoms with Crippen LogP contribution in [0.3, 0.4) is 0 Å². The highest BCUT2D eigenvalue weighted by Gasteiger charge is 2.31. The zero-order valence-electron chi connectivity index (χ0n) is 16.9. The Morgan fingerprint density at radius 3 is 2.19 bits per heavy atom. The lowest BCUT2D eigenvalue weighted by molar-refractivity contribution is -0.162. The van der Waals surface area contributed by atoms with Gasteiger partial charge in [0, 0.05) is 12.8 Å². The van der Waals surface area contributed by atoms with E-state index in [2.05, 4.69) is 13.8 Å². The molecule has 0 heterocycles. The molecule has 1 aromatic carbocycles. The van der Waals surface area contributed by atoms with Gasteiger partial charge in [-0.2, -0.15) is 0 Å². The van der Waals surface area contributed by atoms with Gasteiger partial charge in [0.05, 0.1) is 12.5 Å².